The number of amides is 1. The number of hydrogen-bond donors (Lipinski definition) is 0. The highest BCUT2D eigenvalue weighted by atomic mass is 32.2. The number of carbonyl (C=O) groups excluding carboxylic acids is 1. The lowest BCUT2D eigenvalue weighted by Gasteiger charge is -2.36. The highest BCUT2D eigenvalue weighted by Gasteiger charge is 2.26. The topological polar surface area (TPSA) is 54.3 Å². The molecule has 0 aromatic carbocycles. The van der Waals surface area contributed by atoms with Crippen LogP contribution in [0.5, 0.6) is 0 Å². The van der Waals surface area contributed by atoms with Crippen molar-refractivity contribution in [3.8, 4) is 5.82 Å². The molecule has 1 aliphatic carbocycles. The van der Waals surface area contributed by atoms with Crippen molar-refractivity contribution < 1.29 is 4.79 Å². The molecule has 4 rings (SSSR count). The lowest BCUT2D eigenvalue weighted by atomic mass is 10.2. The molecule has 28 heavy (non-hydrogen) atoms. The van der Waals surface area contributed by atoms with Gasteiger partial charge in [0.2, 0.25) is 5.91 Å². The Hall–Kier alpha value is -2.02. The van der Waals surface area contributed by atoms with Gasteiger partial charge in [-0.2, -0.15) is 5.10 Å². The lowest BCUT2D eigenvalue weighted by Crippen LogP contribution is -2.49. The number of carbonyl (C=O) groups is 1. The molecule has 0 unspecified atom stereocenters. The van der Waals surface area contributed by atoms with Crippen molar-refractivity contribution in [3.05, 3.63) is 35.8 Å². The minimum absolute atomic E-state index is 0.300. The van der Waals surface area contributed by atoms with E-state index in [1.54, 1.807) is 6.20 Å². The molecule has 2 aromatic rings. The summed E-state index contributed by atoms with van der Waals surface area (Å²) in [5, 5.41) is 5.41. The lowest BCUT2D eigenvalue weighted by molar-refractivity contribution is -0.128. The van der Waals surface area contributed by atoms with E-state index in [4.69, 9.17) is 5.10 Å². The van der Waals surface area contributed by atoms with Gasteiger partial charge in [-0.05, 0) is 38.8 Å². The van der Waals surface area contributed by atoms with Gasteiger partial charge in [-0.15, -0.1) is 11.8 Å². The second kappa shape index (κ2) is 8.55. The molecule has 3 heterocycles. The number of aryl methyl sites for hydroxylation is 1. The molecule has 0 spiro atoms. The number of hydrogen-bond acceptors (Lipinski definition) is 5. The Labute approximate surface area is 171 Å². The Morgan fingerprint density at radius 3 is 2.57 bits per heavy atom. The molecule has 150 valence electrons. The zero-order valence-corrected chi connectivity index (χ0v) is 17.6. The van der Waals surface area contributed by atoms with Crippen LogP contribution in [0.2, 0.25) is 0 Å². The number of rotatable bonds is 5. The molecular weight excluding hydrogens is 370 g/mol. The van der Waals surface area contributed by atoms with Crippen molar-refractivity contribution in [2.75, 3.05) is 36.8 Å². The summed E-state index contributed by atoms with van der Waals surface area (Å²) in [5.41, 5.74) is 3.30. The molecule has 0 bridgehead atoms. The molecule has 1 amide bonds. The summed E-state index contributed by atoms with van der Waals surface area (Å²) in [7, 11) is 0. The van der Waals surface area contributed by atoms with Gasteiger partial charge in [0.1, 0.15) is 0 Å². The SMILES string of the molecule is Cc1nn(-c2ccccn2)c(C)c1N1CCN(C(=O)CSC2CCCC2)CC1. The maximum absolute atomic E-state index is 12.6. The minimum Gasteiger partial charge on any atom is -0.365 e. The van der Waals surface area contributed by atoms with Crippen LogP contribution in [0.1, 0.15) is 37.1 Å². The van der Waals surface area contributed by atoms with Gasteiger partial charge < -0.3 is 9.80 Å². The summed E-state index contributed by atoms with van der Waals surface area (Å²) in [6.07, 6.45) is 7.01. The van der Waals surface area contributed by atoms with Gasteiger partial charge in [0.15, 0.2) is 5.82 Å². The number of piperazine rings is 1. The largest absolute Gasteiger partial charge is 0.365 e. The summed E-state index contributed by atoms with van der Waals surface area (Å²) in [6.45, 7) is 7.44. The molecule has 6 nitrogen and oxygen atoms in total. The third-order valence-corrected chi connectivity index (χ3v) is 7.17. The van der Waals surface area contributed by atoms with E-state index in [1.807, 2.05) is 39.5 Å². The van der Waals surface area contributed by atoms with Crippen LogP contribution in [0.15, 0.2) is 24.4 Å². The van der Waals surface area contributed by atoms with Crippen molar-refractivity contribution in [3.63, 3.8) is 0 Å². The molecule has 0 radical (unpaired) electrons. The van der Waals surface area contributed by atoms with E-state index in [-0.39, 0.29) is 0 Å². The third-order valence-electron chi connectivity index (χ3n) is 5.81. The van der Waals surface area contributed by atoms with Crippen molar-refractivity contribution in [2.45, 2.75) is 44.8 Å². The van der Waals surface area contributed by atoms with Crippen molar-refractivity contribution in [1.29, 1.82) is 0 Å². The Bertz CT molecular complexity index is 808. The van der Waals surface area contributed by atoms with Crippen LogP contribution in [-0.2, 0) is 4.79 Å². The van der Waals surface area contributed by atoms with E-state index in [0.717, 1.165) is 43.4 Å². The molecule has 1 saturated heterocycles. The fraction of sp³-hybridized carbons (Fsp3) is 0.571. The van der Waals surface area contributed by atoms with Crippen molar-refractivity contribution >= 4 is 23.4 Å². The summed E-state index contributed by atoms with van der Waals surface area (Å²) in [4.78, 5) is 21.4. The molecule has 7 heteroatoms. The smallest absolute Gasteiger partial charge is 0.232 e. The van der Waals surface area contributed by atoms with Crippen LogP contribution in [-0.4, -0.2) is 62.8 Å². The number of nitrogens with zero attached hydrogens (tertiary/aromatic N) is 5. The average molecular weight is 400 g/mol. The second-order valence-electron chi connectivity index (χ2n) is 7.70. The summed E-state index contributed by atoms with van der Waals surface area (Å²) in [6, 6.07) is 5.87. The van der Waals surface area contributed by atoms with Crippen LogP contribution >= 0.6 is 11.8 Å². The second-order valence-corrected chi connectivity index (χ2v) is 8.99. The van der Waals surface area contributed by atoms with E-state index in [0.29, 0.717) is 16.9 Å². The summed E-state index contributed by atoms with van der Waals surface area (Å²) < 4.78 is 1.92. The average Bonchev–Trinajstić information content (AvgIpc) is 3.35. The monoisotopic (exact) mass is 399 g/mol. The van der Waals surface area contributed by atoms with Crippen molar-refractivity contribution in [2.24, 2.45) is 0 Å². The van der Waals surface area contributed by atoms with Gasteiger partial charge in [-0.25, -0.2) is 9.67 Å². The van der Waals surface area contributed by atoms with Crippen LogP contribution in [0.3, 0.4) is 0 Å². The predicted octanol–water partition coefficient (Wildman–Crippen LogP) is 3.21. The first kappa shape index (κ1) is 19.3. The van der Waals surface area contributed by atoms with Gasteiger partial charge in [-0.1, -0.05) is 18.9 Å². The van der Waals surface area contributed by atoms with E-state index >= 15 is 0 Å². The summed E-state index contributed by atoms with van der Waals surface area (Å²) >= 11 is 1.86. The molecule has 0 atom stereocenters. The quantitative estimate of drug-likeness (QED) is 0.773. The normalized spacial score (nSPS) is 18.1. The number of anilines is 1. The zero-order valence-electron chi connectivity index (χ0n) is 16.8. The maximum Gasteiger partial charge on any atom is 0.232 e. The van der Waals surface area contributed by atoms with Crippen LogP contribution < -0.4 is 4.90 Å². The fourth-order valence-corrected chi connectivity index (χ4v) is 5.54. The third kappa shape index (κ3) is 4.04. The highest BCUT2D eigenvalue weighted by Crippen LogP contribution is 2.30. The van der Waals surface area contributed by atoms with E-state index in [1.165, 1.54) is 31.4 Å². The van der Waals surface area contributed by atoms with E-state index in [9.17, 15) is 4.79 Å². The number of aromatic nitrogens is 3. The minimum atomic E-state index is 0.300. The first-order chi connectivity index (χ1) is 13.6. The van der Waals surface area contributed by atoms with Gasteiger partial charge in [0.05, 0.1) is 22.8 Å². The highest BCUT2D eigenvalue weighted by molar-refractivity contribution is 8.00. The molecule has 2 aromatic heterocycles. The maximum atomic E-state index is 12.6. The van der Waals surface area contributed by atoms with Crippen molar-refractivity contribution in [1.82, 2.24) is 19.7 Å². The molecule has 1 aliphatic heterocycles. The summed E-state index contributed by atoms with van der Waals surface area (Å²) in [5.74, 6) is 1.78. The van der Waals surface area contributed by atoms with Gasteiger partial charge in [0, 0.05) is 37.6 Å². The molecule has 2 fully saturated rings. The van der Waals surface area contributed by atoms with Crippen LogP contribution in [0.4, 0.5) is 5.69 Å². The first-order valence-electron chi connectivity index (χ1n) is 10.3. The number of pyridine rings is 1. The molecule has 2 aliphatic rings. The van der Waals surface area contributed by atoms with Crippen LogP contribution in [0, 0.1) is 13.8 Å². The van der Waals surface area contributed by atoms with E-state index in [2.05, 4.69) is 23.7 Å². The molecule has 0 N–H and O–H groups in total. The Balaban J connectivity index is 1.37. The molecular formula is C21H29N5OS. The first-order valence-corrected chi connectivity index (χ1v) is 11.3. The van der Waals surface area contributed by atoms with Crippen LogP contribution in [0.25, 0.3) is 5.82 Å². The van der Waals surface area contributed by atoms with Gasteiger partial charge in [0.25, 0.3) is 0 Å². The van der Waals surface area contributed by atoms with Gasteiger partial charge in [-0.3, -0.25) is 4.79 Å². The fourth-order valence-electron chi connectivity index (χ4n) is 4.31. The Kier molecular flexibility index (Phi) is 5.90. The number of thioether (sulfide) groups is 1. The standard InChI is InChI=1S/C21H29N5OS/c1-16-21(17(2)26(23-16)19-9-5-6-10-22-19)25-13-11-24(12-14-25)20(27)15-28-18-7-3-4-8-18/h5-6,9-10,18H,3-4,7-8,11-15H2,1-2H3. The zero-order chi connectivity index (χ0) is 19.5. The van der Waals surface area contributed by atoms with E-state index < -0.39 is 0 Å². The predicted molar refractivity (Wildman–Crippen MR) is 114 cm³/mol. The Morgan fingerprint density at radius 1 is 1.14 bits per heavy atom. The van der Waals surface area contributed by atoms with Gasteiger partial charge >= 0.3 is 0 Å². The Morgan fingerprint density at radius 2 is 1.89 bits per heavy atom. The molecule has 1 saturated carbocycles.